The summed E-state index contributed by atoms with van der Waals surface area (Å²) >= 11 is 5.69. The molecule has 0 bridgehead atoms. The van der Waals surface area contributed by atoms with Crippen LogP contribution in [0.1, 0.15) is 12.5 Å². The molecule has 0 aliphatic heterocycles. The van der Waals surface area contributed by atoms with Gasteiger partial charge in [0, 0.05) is 11.9 Å². The molecule has 16 heavy (non-hydrogen) atoms. The Bertz CT molecular complexity index is 360. The highest BCUT2D eigenvalue weighted by molar-refractivity contribution is 6.50. The summed E-state index contributed by atoms with van der Waals surface area (Å²) in [6.07, 6.45) is 0. The molecule has 0 atom stereocenters. The monoisotopic (exact) mass is 253 g/mol. The van der Waals surface area contributed by atoms with Crippen molar-refractivity contribution in [2.45, 2.75) is 6.92 Å². The Balaban J connectivity index is 0.000000385. The van der Waals surface area contributed by atoms with Crippen LogP contribution in [0.25, 0.3) is 4.85 Å². The molecule has 0 radical (unpaired) electrons. The first-order valence-electron chi connectivity index (χ1n) is 4.38. The second-order valence-electron chi connectivity index (χ2n) is 2.59. The number of nitrogens with zero attached hydrogens (tertiary/aromatic N) is 1. The highest BCUT2D eigenvalue weighted by atomic mass is 35.5. The largest absolute Gasteiger partial charge is 0.673 e. The molecule has 0 N–H and O–H groups in total. The van der Waals surface area contributed by atoms with Crippen molar-refractivity contribution < 1.29 is 17.3 Å². The third-order valence-electron chi connectivity index (χ3n) is 1.21. The molecule has 0 aliphatic rings. The number of rotatable bonds is 0. The zero-order chi connectivity index (χ0) is 12.6. The lowest BCUT2D eigenvalue weighted by atomic mass is 10.2. The summed E-state index contributed by atoms with van der Waals surface area (Å²) in [7, 11) is -6.00. The predicted molar refractivity (Wildman–Crippen MR) is 58.5 cm³/mol. The lowest BCUT2D eigenvalue weighted by Crippen LogP contribution is -2.02. The van der Waals surface area contributed by atoms with Gasteiger partial charge in [-0.15, -0.1) is 0 Å². The van der Waals surface area contributed by atoms with Crippen LogP contribution < -0.4 is 0 Å². The molecular weight excluding hydrogens is 244 g/mol. The summed E-state index contributed by atoms with van der Waals surface area (Å²) in [4.78, 5) is 3.98. The highest BCUT2D eigenvalue weighted by Crippen LogP contribution is 2.08. The van der Waals surface area contributed by atoms with E-state index in [-0.39, 0.29) is 0 Å². The Labute approximate surface area is 96.0 Å². The number of hydrogen-bond acceptors (Lipinski definition) is 0. The fourth-order valence-corrected chi connectivity index (χ4v) is 0.821. The molecule has 1 aromatic rings. The van der Waals surface area contributed by atoms with Gasteiger partial charge in [-0.1, -0.05) is 16.4 Å². The van der Waals surface area contributed by atoms with E-state index in [9.17, 15) is 17.3 Å². The minimum atomic E-state index is -6.00. The second kappa shape index (κ2) is 7.12. The van der Waals surface area contributed by atoms with Crippen molar-refractivity contribution in [3.8, 4) is 6.07 Å². The SMILES string of the molecule is CC[N+]#Cc1ccc(Cl)cc1.F[B-](F)(F)F. The maximum absolute atomic E-state index is 9.75. The fraction of sp³-hybridized carbons (Fsp3) is 0.222. The quantitative estimate of drug-likeness (QED) is 0.478. The van der Waals surface area contributed by atoms with Crippen LogP contribution in [0, 0.1) is 6.07 Å². The molecule has 1 rings (SSSR count). The van der Waals surface area contributed by atoms with E-state index in [1.54, 1.807) is 0 Å². The van der Waals surface area contributed by atoms with E-state index in [4.69, 9.17) is 11.6 Å². The van der Waals surface area contributed by atoms with Crippen LogP contribution >= 0.6 is 11.6 Å². The fourth-order valence-electron chi connectivity index (χ4n) is 0.695. The molecule has 1 aromatic carbocycles. The van der Waals surface area contributed by atoms with Crippen molar-refractivity contribution in [1.82, 2.24) is 0 Å². The van der Waals surface area contributed by atoms with Crippen LogP contribution in [-0.4, -0.2) is 13.8 Å². The number of hydrogen-bond donors (Lipinski definition) is 0. The van der Waals surface area contributed by atoms with Gasteiger partial charge >= 0.3 is 13.3 Å². The molecule has 7 heteroatoms. The Morgan fingerprint density at radius 3 is 2.00 bits per heavy atom. The Hall–Kier alpha value is -1.22. The van der Waals surface area contributed by atoms with Gasteiger partial charge in [-0.2, -0.15) is 0 Å². The van der Waals surface area contributed by atoms with Crippen molar-refractivity contribution >= 4 is 18.9 Å². The van der Waals surface area contributed by atoms with E-state index < -0.39 is 7.25 Å². The molecular formula is C9H9BClF4N. The van der Waals surface area contributed by atoms with E-state index in [2.05, 4.69) is 10.9 Å². The summed E-state index contributed by atoms with van der Waals surface area (Å²) < 4.78 is 39.0. The van der Waals surface area contributed by atoms with Gasteiger partial charge in [0.1, 0.15) is 5.56 Å². The average molecular weight is 253 g/mol. The Morgan fingerprint density at radius 2 is 1.62 bits per heavy atom. The molecule has 0 unspecified atom stereocenters. The lowest BCUT2D eigenvalue weighted by molar-refractivity contribution is 0.368. The summed E-state index contributed by atoms with van der Waals surface area (Å²) in [6, 6.07) is 10.3. The predicted octanol–water partition coefficient (Wildman–Crippen LogP) is 4.34. The van der Waals surface area contributed by atoms with Gasteiger partial charge in [0.25, 0.3) is 6.54 Å². The minimum absolute atomic E-state index is 0.743. The molecule has 0 aromatic heterocycles. The third kappa shape index (κ3) is 10.9. The standard InChI is InChI=1S/C9H9ClN.BF4/c1-2-11-7-8-3-5-9(10)6-4-8;2-1(3,4)5/h3-6H,2H2,1H3;/q+1;-1. The second-order valence-corrected chi connectivity index (χ2v) is 3.02. The lowest BCUT2D eigenvalue weighted by Gasteiger charge is -1.94. The van der Waals surface area contributed by atoms with Crippen molar-refractivity contribution in [3.05, 3.63) is 39.7 Å². The van der Waals surface area contributed by atoms with E-state index in [1.807, 2.05) is 31.2 Å². The van der Waals surface area contributed by atoms with Crippen molar-refractivity contribution in [2.24, 2.45) is 0 Å². The Kier molecular flexibility index (Phi) is 6.58. The van der Waals surface area contributed by atoms with Gasteiger partial charge in [-0.3, -0.25) is 0 Å². The minimum Gasteiger partial charge on any atom is -0.418 e. The van der Waals surface area contributed by atoms with Crippen molar-refractivity contribution in [2.75, 3.05) is 6.54 Å². The molecule has 0 saturated heterocycles. The zero-order valence-electron chi connectivity index (χ0n) is 8.43. The smallest absolute Gasteiger partial charge is 0.418 e. The normalized spacial score (nSPS) is 9.62. The summed E-state index contributed by atoms with van der Waals surface area (Å²) in [5, 5.41) is 0.743. The van der Waals surface area contributed by atoms with Crippen LogP contribution in [0.2, 0.25) is 5.02 Å². The topological polar surface area (TPSA) is 4.36 Å². The van der Waals surface area contributed by atoms with E-state index >= 15 is 0 Å². The molecule has 88 valence electrons. The maximum Gasteiger partial charge on any atom is 0.673 e. The van der Waals surface area contributed by atoms with Crippen molar-refractivity contribution in [1.29, 1.82) is 0 Å². The van der Waals surface area contributed by atoms with Gasteiger partial charge in [-0.05, 0) is 24.3 Å². The van der Waals surface area contributed by atoms with Crippen LogP contribution in [0.5, 0.6) is 0 Å². The molecule has 0 fully saturated rings. The zero-order valence-corrected chi connectivity index (χ0v) is 9.19. The van der Waals surface area contributed by atoms with Crippen LogP contribution in [0.3, 0.4) is 0 Å². The van der Waals surface area contributed by atoms with E-state index in [0.29, 0.717) is 0 Å². The average Bonchev–Trinajstić information content (AvgIpc) is 2.14. The van der Waals surface area contributed by atoms with Crippen LogP contribution in [0.15, 0.2) is 24.3 Å². The van der Waals surface area contributed by atoms with Gasteiger partial charge in [-0.25, -0.2) is 0 Å². The first-order valence-corrected chi connectivity index (χ1v) is 4.76. The molecule has 0 spiro atoms. The first-order chi connectivity index (χ1) is 7.33. The number of halogens is 5. The molecule has 0 heterocycles. The van der Waals surface area contributed by atoms with Crippen LogP contribution in [0.4, 0.5) is 17.3 Å². The highest BCUT2D eigenvalue weighted by Gasteiger charge is 2.20. The molecule has 0 aliphatic carbocycles. The summed E-state index contributed by atoms with van der Waals surface area (Å²) in [5.41, 5.74) is 0.969. The molecule has 1 nitrogen and oxygen atoms in total. The van der Waals surface area contributed by atoms with Gasteiger partial charge < -0.3 is 17.3 Å². The van der Waals surface area contributed by atoms with E-state index in [0.717, 1.165) is 17.1 Å². The third-order valence-corrected chi connectivity index (χ3v) is 1.46. The van der Waals surface area contributed by atoms with Gasteiger partial charge in [0.2, 0.25) is 0 Å². The number of benzene rings is 1. The maximum atomic E-state index is 9.75. The van der Waals surface area contributed by atoms with Gasteiger partial charge in [0.15, 0.2) is 0 Å². The van der Waals surface area contributed by atoms with Gasteiger partial charge in [0.05, 0.1) is 0 Å². The van der Waals surface area contributed by atoms with Crippen molar-refractivity contribution in [3.63, 3.8) is 0 Å². The summed E-state index contributed by atoms with van der Waals surface area (Å²) in [6.45, 7) is 2.74. The molecule has 0 saturated carbocycles. The Morgan fingerprint density at radius 1 is 1.19 bits per heavy atom. The summed E-state index contributed by atoms with van der Waals surface area (Å²) in [5.74, 6) is 0. The van der Waals surface area contributed by atoms with Crippen LogP contribution in [-0.2, 0) is 0 Å². The van der Waals surface area contributed by atoms with E-state index in [1.165, 1.54) is 0 Å². The first kappa shape index (κ1) is 14.8. The molecule has 0 amide bonds.